The number of morpholine rings is 1. The fourth-order valence-corrected chi connectivity index (χ4v) is 4.44. The molecular formula is C24H28FN5O3S. The maximum atomic E-state index is 13.6. The number of carbonyl (C=O) groups excluding carboxylic acids is 2. The van der Waals surface area contributed by atoms with Crippen molar-refractivity contribution in [1.82, 2.24) is 14.8 Å². The maximum Gasteiger partial charge on any atom is 0.254 e. The average molecular weight is 486 g/mol. The predicted molar refractivity (Wildman–Crippen MR) is 130 cm³/mol. The minimum atomic E-state index is -0.349. The second kappa shape index (κ2) is 12.8. The molecular weight excluding hydrogens is 457 g/mol. The van der Waals surface area contributed by atoms with Crippen LogP contribution in [-0.4, -0.2) is 61.7 Å². The van der Waals surface area contributed by atoms with Gasteiger partial charge in [0.1, 0.15) is 5.82 Å². The Hall–Kier alpha value is -3.34. The maximum absolute atomic E-state index is 13.6. The van der Waals surface area contributed by atoms with E-state index in [1.807, 2.05) is 34.2 Å². The monoisotopic (exact) mass is 485 g/mol. The molecule has 4 rings (SSSR count). The van der Waals surface area contributed by atoms with Crippen molar-refractivity contribution in [3.8, 4) is 11.3 Å². The van der Waals surface area contributed by atoms with Crippen molar-refractivity contribution in [2.75, 3.05) is 39.9 Å². The molecule has 1 fully saturated rings. The molecule has 2 heterocycles. The summed E-state index contributed by atoms with van der Waals surface area (Å²) in [7, 11) is 1.50. The van der Waals surface area contributed by atoms with Crippen molar-refractivity contribution in [3.63, 3.8) is 0 Å². The van der Waals surface area contributed by atoms with E-state index in [9.17, 15) is 14.0 Å². The molecule has 2 amide bonds. The lowest BCUT2D eigenvalue weighted by atomic mass is 10.1. The molecule has 8 nitrogen and oxygen atoms in total. The standard InChI is InChI=1S/C23H23FN4O3S.CH5N/c24-19-2-1-3-20(14-19)26-23-28(9-8-25-16-29)21(15-32-23)17-4-6-18(7-5-17)22(30)27-10-12-31-13-11-27;1-2/h1-7,14-16H,8-13H2,(H,25,29);2H2,1H3. The van der Waals surface area contributed by atoms with Gasteiger partial charge in [0.15, 0.2) is 4.80 Å². The first-order chi connectivity index (χ1) is 16.7. The molecule has 1 saturated heterocycles. The number of benzene rings is 2. The third kappa shape index (κ3) is 6.37. The minimum Gasteiger partial charge on any atom is -0.378 e. The quantitative estimate of drug-likeness (QED) is 0.396. The molecule has 0 saturated carbocycles. The molecule has 0 atom stereocenters. The van der Waals surface area contributed by atoms with Gasteiger partial charge in [-0.25, -0.2) is 9.38 Å². The Balaban J connectivity index is 0.00000158. The normalized spacial score (nSPS) is 13.7. The lowest BCUT2D eigenvalue weighted by molar-refractivity contribution is -0.109. The summed E-state index contributed by atoms with van der Waals surface area (Å²) >= 11 is 1.43. The Morgan fingerprint density at radius 1 is 1.21 bits per heavy atom. The lowest BCUT2D eigenvalue weighted by Crippen LogP contribution is -2.40. The topological polar surface area (TPSA) is 102 Å². The van der Waals surface area contributed by atoms with Crippen LogP contribution in [0, 0.1) is 5.82 Å². The summed E-state index contributed by atoms with van der Waals surface area (Å²) < 4.78 is 20.9. The van der Waals surface area contributed by atoms with Crippen LogP contribution in [0.3, 0.4) is 0 Å². The molecule has 0 bridgehead atoms. The van der Waals surface area contributed by atoms with Gasteiger partial charge in [-0.2, -0.15) is 0 Å². The number of rotatable bonds is 7. The SMILES string of the molecule is CN.O=CNCCn1c(-c2ccc(C(=O)N3CCOCC3)cc2)csc1=Nc1cccc(F)c1. The van der Waals surface area contributed by atoms with E-state index < -0.39 is 0 Å². The summed E-state index contributed by atoms with van der Waals surface area (Å²) in [4.78, 5) is 30.5. The van der Waals surface area contributed by atoms with Gasteiger partial charge in [0.25, 0.3) is 5.91 Å². The highest BCUT2D eigenvalue weighted by Crippen LogP contribution is 2.22. The van der Waals surface area contributed by atoms with Crippen LogP contribution >= 0.6 is 11.3 Å². The summed E-state index contributed by atoms with van der Waals surface area (Å²) in [6.45, 7) is 3.24. The fraction of sp³-hybridized carbons (Fsp3) is 0.292. The van der Waals surface area contributed by atoms with E-state index in [2.05, 4.69) is 16.0 Å². The zero-order valence-electron chi connectivity index (χ0n) is 18.9. The molecule has 3 aromatic rings. The van der Waals surface area contributed by atoms with Crippen LogP contribution in [0.2, 0.25) is 0 Å². The zero-order chi connectivity index (χ0) is 24.3. The number of hydrogen-bond donors (Lipinski definition) is 2. The number of halogens is 1. The van der Waals surface area contributed by atoms with Crippen molar-refractivity contribution in [2.45, 2.75) is 6.54 Å². The van der Waals surface area contributed by atoms with Gasteiger partial charge in [0.05, 0.1) is 24.6 Å². The number of thiazole rings is 1. The first-order valence-electron chi connectivity index (χ1n) is 10.9. The number of nitrogens with zero attached hydrogens (tertiary/aromatic N) is 3. The third-order valence-electron chi connectivity index (χ3n) is 5.12. The summed E-state index contributed by atoms with van der Waals surface area (Å²) in [5.74, 6) is -0.354. The molecule has 2 aromatic carbocycles. The lowest BCUT2D eigenvalue weighted by Gasteiger charge is -2.26. The summed E-state index contributed by atoms with van der Waals surface area (Å²) in [6.07, 6.45) is 0.655. The van der Waals surface area contributed by atoms with Gasteiger partial charge in [-0.1, -0.05) is 18.2 Å². The van der Waals surface area contributed by atoms with Crippen LogP contribution in [-0.2, 0) is 16.1 Å². The number of hydrogen-bond acceptors (Lipinski definition) is 6. The Labute approximate surface area is 201 Å². The van der Waals surface area contributed by atoms with Crippen LogP contribution in [0.25, 0.3) is 11.3 Å². The summed E-state index contributed by atoms with van der Waals surface area (Å²) in [6, 6.07) is 13.6. The highest BCUT2D eigenvalue weighted by molar-refractivity contribution is 7.07. The van der Waals surface area contributed by atoms with Gasteiger partial charge in [-0.15, -0.1) is 11.3 Å². The summed E-state index contributed by atoms with van der Waals surface area (Å²) in [5.41, 5.74) is 7.47. The number of aromatic nitrogens is 1. The van der Waals surface area contributed by atoms with Crippen LogP contribution < -0.4 is 15.9 Å². The van der Waals surface area contributed by atoms with Crippen molar-refractivity contribution in [1.29, 1.82) is 0 Å². The van der Waals surface area contributed by atoms with Gasteiger partial charge >= 0.3 is 0 Å². The van der Waals surface area contributed by atoms with E-state index in [-0.39, 0.29) is 11.7 Å². The van der Waals surface area contributed by atoms with Gasteiger partial charge in [0.2, 0.25) is 6.41 Å². The number of nitrogens with two attached hydrogens (primary N) is 1. The molecule has 1 aliphatic rings. The van der Waals surface area contributed by atoms with Crippen molar-refractivity contribution >= 4 is 29.3 Å². The first kappa shape index (κ1) is 25.3. The van der Waals surface area contributed by atoms with E-state index in [4.69, 9.17) is 4.74 Å². The molecule has 180 valence electrons. The second-order valence-electron chi connectivity index (χ2n) is 7.20. The molecule has 0 radical (unpaired) electrons. The van der Waals surface area contributed by atoms with Crippen LogP contribution in [0.15, 0.2) is 58.9 Å². The van der Waals surface area contributed by atoms with Crippen molar-refractivity contribution in [3.05, 3.63) is 70.1 Å². The first-order valence-corrected chi connectivity index (χ1v) is 11.7. The fourth-order valence-electron chi connectivity index (χ4n) is 3.49. The molecule has 3 N–H and O–H groups in total. The average Bonchev–Trinajstić information content (AvgIpc) is 3.28. The molecule has 10 heteroatoms. The van der Waals surface area contributed by atoms with Crippen molar-refractivity contribution < 1.29 is 18.7 Å². The third-order valence-corrected chi connectivity index (χ3v) is 5.98. The van der Waals surface area contributed by atoms with Crippen LogP contribution in [0.5, 0.6) is 0 Å². The number of amides is 2. The zero-order valence-corrected chi connectivity index (χ0v) is 19.8. The molecule has 0 aliphatic carbocycles. The molecule has 1 aromatic heterocycles. The Bertz CT molecular complexity index is 1150. The number of nitrogens with one attached hydrogen (secondary N) is 1. The highest BCUT2D eigenvalue weighted by Gasteiger charge is 2.18. The molecule has 1 aliphatic heterocycles. The van der Waals surface area contributed by atoms with Gasteiger partial charge in [-0.3, -0.25) is 9.59 Å². The Morgan fingerprint density at radius 3 is 2.62 bits per heavy atom. The van der Waals surface area contributed by atoms with Gasteiger partial charge in [-0.05, 0) is 42.9 Å². The van der Waals surface area contributed by atoms with Gasteiger partial charge < -0.3 is 25.3 Å². The van der Waals surface area contributed by atoms with Crippen LogP contribution in [0.1, 0.15) is 10.4 Å². The summed E-state index contributed by atoms with van der Waals surface area (Å²) in [5, 5.41) is 4.64. The van der Waals surface area contributed by atoms with E-state index >= 15 is 0 Å². The molecule has 34 heavy (non-hydrogen) atoms. The Kier molecular flexibility index (Phi) is 9.51. The number of carbonyl (C=O) groups is 2. The smallest absolute Gasteiger partial charge is 0.254 e. The predicted octanol–water partition coefficient (Wildman–Crippen LogP) is 2.38. The van der Waals surface area contributed by atoms with E-state index in [0.29, 0.717) is 61.9 Å². The van der Waals surface area contributed by atoms with E-state index in [1.54, 1.807) is 17.0 Å². The second-order valence-corrected chi connectivity index (χ2v) is 8.04. The van der Waals surface area contributed by atoms with Crippen LogP contribution in [0.4, 0.5) is 10.1 Å². The molecule has 0 unspecified atom stereocenters. The minimum absolute atomic E-state index is 0.00461. The Morgan fingerprint density at radius 2 is 1.94 bits per heavy atom. The van der Waals surface area contributed by atoms with E-state index in [1.165, 1.54) is 30.5 Å². The highest BCUT2D eigenvalue weighted by atomic mass is 32.1. The van der Waals surface area contributed by atoms with Gasteiger partial charge in [0, 0.05) is 37.1 Å². The van der Waals surface area contributed by atoms with Crippen molar-refractivity contribution in [2.24, 2.45) is 10.7 Å². The largest absolute Gasteiger partial charge is 0.378 e. The number of ether oxygens (including phenoxy) is 1. The molecule has 0 spiro atoms. The van der Waals surface area contributed by atoms with E-state index in [0.717, 1.165) is 11.3 Å².